The number of anilines is 1. The number of halogens is 3. The molecule has 0 bridgehead atoms. The molecule has 8 nitrogen and oxygen atoms in total. The molecule has 1 aromatic carbocycles. The van der Waals surface area contributed by atoms with Gasteiger partial charge < -0.3 is 5.32 Å². The van der Waals surface area contributed by atoms with Gasteiger partial charge in [-0.05, 0) is 47.0 Å². The molecule has 5 heterocycles. The topological polar surface area (TPSA) is 88.5 Å². The van der Waals surface area contributed by atoms with E-state index in [-0.39, 0.29) is 15.6 Å². The number of hydrogen-bond acceptors (Lipinski definition) is 6. The molecular formula is C25H30Cl2FN8+. The molecule has 0 aliphatic carbocycles. The zero-order valence-electron chi connectivity index (χ0n) is 20.1. The normalized spacial score (nSPS) is 21.6. The molecule has 11 heteroatoms. The van der Waals surface area contributed by atoms with Gasteiger partial charge in [0.1, 0.15) is 24.6 Å². The van der Waals surface area contributed by atoms with Crippen molar-refractivity contribution in [1.29, 1.82) is 0 Å². The number of benzene rings is 1. The summed E-state index contributed by atoms with van der Waals surface area (Å²) < 4.78 is 15.0. The van der Waals surface area contributed by atoms with Crippen LogP contribution < -0.4 is 15.5 Å². The Bertz CT molecular complexity index is 1170. The van der Waals surface area contributed by atoms with E-state index in [0.29, 0.717) is 18.2 Å². The van der Waals surface area contributed by atoms with Gasteiger partial charge in [-0.25, -0.2) is 9.71 Å². The van der Waals surface area contributed by atoms with Gasteiger partial charge in [0, 0.05) is 38.7 Å². The fourth-order valence-electron chi connectivity index (χ4n) is 5.32. The summed E-state index contributed by atoms with van der Waals surface area (Å²) in [7, 11) is 0. The van der Waals surface area contributed by atoms with Crippen molar-refractivity contribution in [2.24, 2.45) is 0 Å². The van der Waals surface area contributed by atoms with E-state index in [4.69, 9.17) is 28.2 Å². The summed E-state index contributed by atoms with van der Waals surface area (Å²) in [6.07, 6.45) is 10.8. The third-order valence-electron chi connectivity index (χ3n) is 7.28. The zero-order chi connectivity index (χ0) is 25.0. The lowest BCUT2D eigenvalue weighted by atomic mass is 9.79. The van der Waals surface area contributed by atoms with Crippen molar-refractivity contribution < 1.29 is 4.39 Å². The third-order valence-corrected chi connectivity index (χ3v) is 8.13. The van der Waals surface area contributed by atoms with Gasteiger partial charge in [-0.2, -0.15) is 9.58 Å². The van der Waals surface area contributed by atoms with Crippen LogP contribution in [0.25, 0.3) is 5.69 Å². The molecule has 3 aliphatic rings. The Balaban J connectivity index is 0.000000330. The molecule has 190 valence electrons. The lowest BCUT2D eigenvalue weighted by molar-refractivity contribution is 0.115. The Kier molecular flexibility index (Phi) is 8.00. The van der Waals surface area contributed by atoms with Crippen molar-refractivity contribution in [2.75, 3.05) is 31.5 Å². The molecule has 1 N–H and O–H groups in total. The Hall–Kier alpha value is -2.33. The predicted molar refractivity (Wildman–Crippen MR) is 138 cm³/mol. The first kappa shape index (κ1) is 25.3. The van der Waals surface area contributed by atoms with Gasteiger partial charge >= 0.3 is 0 Å². The minimum absolute atomic E-state index is 0.0547. The molecule has 6 rings (SSSR count). The van der Waals surface area contributed by atoms with E-state index in [9.17, 15) is 4.39 Å². The Labute approximate surface area is 220 Å². The number of nitrogens with one attached hydrogen (secondary N) is 1. The first-order valence-corrected chi connectivity index (χ1v) is 13.3. The van der Waals surface area contributed by atoms with Crippen LogP contribution in [0, 0.1) is 5.82 Å². The summed E-state index contributed by atoms with van der Waals surface area (Å²) >= 11 is 12.1. The van der Waals surface area contributed by atoms with Crippen molar-refractivity contribution in [3.63, 3.8) is 0 Å². The molecule has 3 aromatic rings. The van der Waals surface area contributed by atoms with E-state index in [1.807, 2.05) is 12.3 Å². The van der Waals surface area contributed by atoms with E-state index in [0.717, 1.165) is 50.3 Å². The van der Waals surface area contributed by atoms with E-state index in [1.165, 1.54) is 48.9 Å². The predicted octanol–water partition coefficient (Wildman–Crippen LogP) is 4.81. The lowest BCUT2D eigenvalue weighted by Crippen LogP contribution is -2.58. The number of hydrogen-bond donors (Lipinski definition) is 1. The first-order chi connectivity index (χ1) is 17.6. The van der Waals surface area contributed by atoms with E-state index in [2.05, 4.69) is 37.1 Å². The first-order valence-electron chi connectivity index (χ1n) is 12.6. The standard InChI is InChI=1S/C19H18Cl2FN7.C6H12N/c20-15-13(22)4-5-14(16(15)21)29-18(25-26-27-29)24-11-12-3-1-8-23-17(12)19-6-2-9-28(19)10-7-19;1-2-4-6-7-5-3-1/h1,3-5,8H,2,6-7,9-11H2,(H,24,25,27);1-6H2/q+1;. The van der Waals surface area contributed by atoms with Gasteiger partial charge in [0.05, 0.1) is 22.2 Å². The highest BCUT2D eigenvalue weighted by molar-refractivity contribution is 6.43. The van der Waals surface area contributed by atoms with Crippen molar-refractivity contribution in [3.8, 4) is 5.69 Å². The number of pyridine rings is 1. The second-order valence-electron chi connectivity index (χ2n) is 9.43. The summed E-state index contributed by atoms with van der Waals surface area (Å²) in [4.78, 5) is 7.25. The number of nitrogens with zero attached hydrogens (tertiary/aromatic N) is 7. The molecule has 36 heavy (non-hydrogen) atoms. The van der Waals surface area contributed by atoms with Gasteiger partial charge in [0.25, 0.3) is 0 Å². The highest BCUT2D eigenvalue weighted by Crippen LogP contribution is 2.46. The van der Waals surface area contributed by atoms with Crippen LogP contribution in [0.15, 0.2) is 30.5 Å². The summed E-state index contributed by atoms with van der Waals surface area (Å²) in [5.74, 6) is -0.206. The van der Waals surface area contributed by atoms with E-state index >= 15 is 0 Å². The second-order valence-corrected chi connectivity index (χ2v) is 10.2. The van der Waals surface area contributed by atoms with Crippen LogP contribution in [0.3, 0.4) is 0 Å². The molecule has 2 aromatic heterocycles. The Morgan fingerprint density at radius 3 is 2.58 bits per heavy atom. The maximum absolute atomic E-state index is 13.6. The van der Waals surface area contributed by atoms with Crippen LogP contribution in [0.4, 0.5) is 10.3 Å². The molecule has 3 saturated heterocycles. The van der Waals surface area contributed by atoms with Crippen LogP contribution in [0.1, 0.15) is 56.2 Å². The van der Waals surface area contributed by atoms with Crippen molar-refractivity contribution in [2.45, 2.75) is 57.0 Å². The highest BCUT2D eigenvalue weighted by atomic mass is 35.5. The number of tetrazole rings is 1. The quantitative estimate of drug-likeness (QED) is 0.376. The molecule has 1 unspecified atom stereocenters. The fraction of sp³-hybridized carbons (Fsp3) is 0.520. The molecule has 1 atom stereocenters. The average Bonchev–Trinajstić information content (AvgIpc) is 3.31. The monoisotopic (exact) mass is 531 g/mol. The van der Waals surface area contributed by atoms with Crippen LogP contribution in [0.2, 0.25) is 10.0 Å². The number of fused-ring (bicyclic) bond motifs is 1. The van der Waals surface area contributed by atoms with Gasteiger partial charge in [-0.3, -0.25) is 4.98 Å². The van der Waals surface area contributed by atoms with Crippen LogP contribution in [-0.4, -0.2) is 51.4 Å². The molecule has 3 fully saturated rings. The largest absolute Gasteiger partial charge is 0.349 e. The summed E-state index contributed by atoms with van der Waals surface area (Å²) in [5, 5.41) is 19.2. The molecule has 3 aliphatic heterocycles. The lowest BCUT2D eigenvalue weighted by Gasteiger charge is -2.38. The number of aromatic nitrogens is 5. The molecule has 0 amide bonds. The van der Waals surface area contributed by atoms with Crippen LogP contribution >= 0.6 is 23.2 Å². The molecule has 2 radical (unpaired) electrons. The molecular weight excluding hydrogens is 502 g/mol. The number of rotatable bonds is 5. The van der Waals surface area contributed by atoms with Gasteiger partial charge in [-0.15, -0.1) is 0 Å². The third kappa shape index (κ3) is 5.07. The SMILES string of the molecule is C1CCC[N]CC1.Fc1ccc(-n2nnnc2NCc2cccnc2C23CCC[N+]2CC3)c(Cl)c1Cl. The molecule has 0 saturated carbocycles. The van der Waals surface area contributed by atoms with Gasteiger partial charge in [0.15, 0.2) is 5.54 Å². The minimum Gasteiger partial charge on any atom is -0.349 e. The zero-order valence-corrected chi connectivity index (χ0v) is 21.6. The van der Waals surface area contributed by atoms with Crippen LogP contribution in [0.5, 0.6) is 0 Å². The average molecular weight is 532 g/mol. The second kappa shape index (κ2) is 11.4. The van der Waals surface area contributed by atoms with Crippen LogP contribution in [-0.2, 0) is 12.1 Å². The highest BCUT2D eigenvalue weighted by Gasteiger charge is 2.60. The van der Waals surface area contributed by atoms with Crippen molar-refractivity contribution in [1.82, 2.24) is 35.4 Å². The summed E-state index contributed by atoms with van der Waals surface area (Å²) in [6.45, 7) is 5.02. The van der Waals surface area contributed by atoms with E-state index < -0.39 is 5.82 Å². The summed E-state index contributed by atoms with van der Waals surface area (Å²) in [5.41, 5.74) is 2.70. The minimum atomic E-state index is -0.594. The maximum atomic E-state index is 13.6. The van der Waals surface area contributed by atoms with Gasteiger partial charge in [-0.1, -0.05) is 47.2 Å². The Morgan fingerprint density at radius 1 is 1.00 bits per heavy atom. The van der Waals surface area contributed by atoms with E-state index in [1.54, 1.807) is 0 Å². The smallest absolute Gasteiger partial charge is 0.248 e. The maximum Gasteiger partial charge on any atom is 0.248 e. The summed E-state index contributed by atoms with van der Waals surface area (Å²) in [6, 6.07) is 6.74. The molecule has 0 spiro atoms. The Morgan fingerprint density at radius 2 is 1.83 bits per heavy atom. The van der Waals surface area contributed by atoms with Crippen molar-refractivity contribution in [3.05, 3.63) is 57.6 Å². The van der Waals surface area contributed by atoms with Crippen molar-refractivity contribution >= 4 is 29.2 Å². The fourth-order valence-corrected chi connectivity index (χ4v) is 5.72. The van der Waals surface area contributed by atoms with Gasteiger partial charge in [0.2, 0.25) is 5.95 Å².